The van der Waals surface area contributed by atoms with Crippen LogP contribution in [0.15, 0.2) is 12.1 Å². The topological polar surface area (TPSA) is 132 Å². The van der Waals surface area contributed by atoms with E-state index in [-0.39, 0.29) is 16.2 Å². The van der Waals surface area contributed by atoms with Crippen molar-refractivity contribution in [2.45, 2.75) is 19.4 Å². The number of benzene rings is 1. The van der Waals surface area contributed by atoms with E-state index < -0.39 is 33.2 Å². The summed E-state index contributed by atoms with van der Waals surface area (Å²) < 4.78 is 0. The van der Waals surface area contributed by atoms with Crippen molar-refractivity contribution in [1.82, 2.24) is 5.32 Å². The highest BCUT2D eigenvalue weighted by atomic mass is 32.2. The number of nitro groups is 2. The summed E-state index contributed by atoms with van der Waals surface area (Å²) in [5, 5.41) is 24.1. The molecule has 9 nitrogen and oxygen atoms in total. The number of rotatable bonds is 4. The summed E-state index contributed by atoms with van der Waals surface area (Å²) in [6, 6.07) is 1.11. The molecular formula is C12H11N3O6S. The van der Waals surface area contributed by atoms with Crippen LogP contribution in [0.5, 0.6) is 0 Å². The van der Waals surface area contributed by atoms with E-state index in [4.69, 9.17) is 0 Å². The van der Waals surface area contributed by atoms with Gasteiger partial charge in [-0.25, -0.2) is 0 Å². The van der Waals surface area contributed by atoms with Gasteiger partial charge in [0.25, 0.3) is 17.3 Å². The van der Waals surface area contributed by atoms with Gasteiger partial charge in [0.2, 0.25) is 5.12 Å². The molecule has 0 spiro atoms. The third-order valence-corrected chi connectivity index (χ3v) is 4.27. The van der Waals surface area contributed by atoms with Crippen LogP contribution in [0.25, 0.3) is 0 Å². The first-order valence-electron chi connectivity index (χ1n) is 6.22. The lowest BCUT2D eigenvalue weighted by molar-refractivity contribution is -0.394. The number of non-ortho nitro benzene ring substituents is 1. The van der Waals surface area contributed by atoms with Gasteiger partial charge in [-0.3, -0.25) is 29.8 Å². The van der Waals surface area contributed by atoms with Crippen LogP contribution >= 0.6 is 11.8 Å². The minimum Gasteiger partial charge on any atom is -0.341 e. The zero-order valence-corrected chi connectivity index (χ0v) is 12.2. The molecule has 1 aromatic rings. The third-order valence-electron chi connectivity index (χ3n) is 3.26. The largest absolute Gasteiger partial charge is 0.341 e. The van der Waals surface area contributed by atoms with Crippen molar-refractivity contribution in [1.29, 1.82) is 0 Å². The molecule has 22 heavy (non-hydrogen) atoms. The molecule has 1 aliphatic heterocycles. The molecule has 0 aromatic heterocycles. The van der Waals surface area contributed by atoms with Crippen molar-refractivity contribution >= 4 is 34.2 Å². The lowest BCUT2D eigenvalue weighted by Gasteiger charge is -2.11. The fraction of sp³-hybridized carbons (Fsp3) is 0.333. The van der Waals surface area contributed by atoms with Gasteiger partial charge < -0.3 is 5.32 Å². The second-order valence-electron chi connectivity index (χ2n) is 4.63. The van der Waals surface area contributed by atoms with Crippen LogP contribution in [0.3, 0.4) is 0 Å². The molecule has 1 heterocycles. The average molecular weight is 325 g/mol. The van der Waals surface area contributed by atoms with Crippen molar-refractivity contribution in [2.24, 2.45) is 0 Å². The first-order valence-corrected chi connectivity index (χ1v) is 7.20. The molecule has 2 rings (SSSR count). The van der Waals surface area contributed by atoms with E-state index in [1.807, 2.05) is 0 Å². The standard InChI is InChI=1S/C12H11N3O6S/c1-6-8(11(16)13-9-2-3-22-12(9)17)4-7(14(18)19)5-10(6)15(20)21/h4-5,9H,2-3H2,1H3,(H,13,16). The van der Waals surface area contributed by atoms with E-state index in [2.05, 4.69) is 5.32 Å². The number of carbonyl (C=O) groups is 2. The molecule has 0 aliphatic carbocycles. The molecule has 1 fully saturated rings. The molecule has 1 aromatic carbocycles. The molecule has 1 amide bonds. The summed E-state index contributed by atoms with van der Waals surface area (Å²) in [6.07, 6.45) is 0.464. The summed E-state index contributed by atoms with van der Waals surface area (Å²) in [5.74, 6) is -0.150. The van der Waals surface area contributed by atoms with E-state index in [9.17, 15) is 29.8 Å². The Morgan fingerprint density at radius 1 is 1.32 bits per heavy atom. The Bertz CT molecular complexity index is 690. The van der Waals surface area contributed by atoms with Gasteiger partial charge in [-0.1, -0.05) is 11.8 Å². The fourth-order valence-corrected chi connectivity index (χ4v) is 3.01. The molecule has 1 N–H and O–H groups in total. The molecule has 0 bridgehead atoms. The van der Waals surface area contributed by atoms with Crippen molar-refractivity contribution in [3.8, 4) is 0 Å². The van der Waals surface area contributed by atoms with E-state index in [0.717, 1.165) is 23.9 Å². The number of hydrogen-bond donors (Lipinski definition) is 1. The van der Waals surface area contributed by atoms with Crippen LogP contribution in [0, 0.1) is 27.2 Å². The number of nitro benzene ring substituents is 2. The van der Waals surface area contributed by atoms with Crippen LogP contribution < -0.4 is 5.32 Å². The van der Waals surface area contributed by atoms with Crippen LogP contribution in [-0.4, -0.2) is 32.7 Å². The number of amides is 1. The Hall–Kier alpha value is -2.49. The molecule has 10 heteroatoms. The summed E-state index contributed by atoms with van der Waals surface area (Å²) in [4.78, 5) is 43.9. The maximum atomic E-state index is 12.2. The molecule has 0 radical (unpaired) electrons. The Labute approximate surface area is 128 Å². The smallest absolute Gasteiger partial charge is 0.279 e. The zero-order chi connectivity index (χ0) is 16.4. The maximum Gasteiger partial charge on any atom is 0.279 e. The number of carbonyl (C=O) groups excluding carboxylic acids is 2. The lowest BCUT2D eigenvalue weighted by Crippen LogP contribution is -2.37. The molecule has 1 saturated heterocycles. The predicted octanol–water partition coefficient (Wildman–Crippen LogP) is 1.57. The van der Waals surface area contributed by atoms with Crippen LogP contribution in [-0.2, 0) is 4.79 Å². The summed E-state index contributed by atoms with van der Waals surface area (Å²) in [7, 11) is 0. The summed E-state index contributed by atoms with van der Waals surface area (Å²) in [6.45, 7) is 1.34. The maximum absolute atomic E-state index is 12.2. The van der Waals surface area contributed by atoms with Gasteiger partial charge in [0, 0.05) is 17.4 Å². The number of thioether (sulfide) groups is 1. The average Bonchev–Trinajstić information content (AvgIpc) is 2.83. The highest BCUT2D eigenvalue weighted by molar-refractivity contribution is 8.14. The minimum atomic E-state index is -0.806. The molecule has 116 valence electrons. The van der Waals surface area contributed by atoms with Crippen LogP contribution in [0.1, 0.15) is 22.3 Å². The summed E-state index contributed by atoms with van der Waals surface area (Å²) in [5.41, 5.74) is -1.21. The van der Waals surface area contributed by atoms with Crippen LogP contribution in [0.2, 0.25) is 0 Å². The molecular weight excluding hydrogens is 314 g/mol. The highest BCUT2D eigenvalue weighted by Gasteiger charge is 2.30. The van der Waals surface area contributed by atoms with Crippen LogP contribution in [0.4, 0.5) is 11.4 Å². The van der Waals surface area contributed by atoms with Gasteiger partial charge in [0.1, 0.15) is 0 Å². The minimum absolute atomic E-state index is 0.0196. The van der Waals surface area contributed by atoms with Crippen molar-refractivity contribution in [3.05, 3.63) is 43.5 Å². The molecule has 0 saturated carbocycles. The summed E-state index contributed by atoms with van der Waals surface area (Å²) >= 11 is 1.09. The third kappa shape index (κ3) is 3.06. The number of hydrogen-bond acceptors (Lipinski definition) is 7. The first kappa shape index (κ1) is 15.9. The Kier molecular flexibility index (Phi) is 4.40. The Morgan fingerprint density at radius 2 is 2.00 bits per heavy atom. The Morgan fingerprint density at radius 3 is 2.50 bits per heavy atom. The molecule has 1 atom stereocenters. The SMILES string of the molecule is Cc1c(C(=O)NC2CCSC2=O)cc([N+](=O)[O-])cc1[N+](=O)[O-]. The van der Waals surface area contributed by atoms with Gasteiger partial charge in [-0.2, -0.15) is 0 Å². The van der Waals surface area contributed by atoms with Gasteiger partial charge in [0.15, 0.2) is 0 Å². The van der Waals surface area contributed by atoms with E-state index in [0.29, 0.717) is 12.2 Å². The Balaban J connectivity index is 2.40. The second-order valence-corrected chi connectivity index (χ2v) is 5.73. The van der Waals surface area contributed by atoms with E-state index in [1.165, 1.54) is 6.92 Å². The van der Waals surface area contributed by atoms with Crippen molar-refractivity contribution in [2.75, 3.05) is 5.75 Å². The van der Waals surface area contributed by atoms with E-state index >= 15 is 0 Å². The highest BCUT2D eigenvalue weighted by Crippen LogP contribution is 2.28. The lowest BCUT2D eigenvalue weighted by atomic mass is 10.0. The number of nitrogens with zero attached hydrogens (tertiary/aromatic N) is 2. The fourth-order valence-electron chi connectivity index (χ4n) is 2.08. The van der Waals surface area contributed by atoms with Crippen molar-refractivity contribution in [3.63, 3.8) is 0 Å². The second kappa shape index (κ2) is 6.10. The number of nitrogens with one attached hydrogen (secondary N) is 1. The first-order chi connectivity index (χ1) is 10.3. The van der Waals surface area contributed by atoms with E-state index in [1.54, 1.807) is 0 Å². The zero-order valence-electron chi connectivity index (χ0n) is 11.4. The van der Waals surface area contributed by atoms with Gasteiger partial charge in [-0.15, -0.1) is 0 Å². The van der Waals surface area contributed by atoms with Gasteiger partial charge in [-0.05, 0) is 13.3 Å². The molecule has 1 aliphatic rings. The quantitative estimate of drug-likeness (QED) is 0.656. The van der Waals surface area contributed by atoms with Gasteiger partial charge >= 0.3 is 0 Å². The van der Waals surface area contributed by atoms with Crippen molar-refractivity contribution < 1.29 is 19.4 Å². The normalized spacial score (nSPS) is 17.3. The van der Waals surface area contributed by atoms with Gasteiger partial charge in [0.05, 0.1) is 27.5 Å². The predicted molar refractivity (Wildman–Crippen MR) is 77.8 cm³/mol. The monoisotopic (exact) mass is 325 g/mol. The molecule has 1 unspecified atom stereocenters.